The molecule has 3 nitrogen and oxygen atoms in total. The predicted octanol–water partition coefficient (Wildman–Crippen LogP) is 1.12. The summed E-state index contributed by atoms with van der Waals surface area (Å²) in [5, 5.41) is 2.97. The van der Waals surface area contributed by atoms with Crippen molar-refractivity contribution in [1.82, 2.24) is 5.32 Å². The van der Waals surface area contributed by atoms with Gasteiger partial charge in [0.2, 0.25) is 5.91 Å². The average Bonchev–Trinajstić information content (AvgIpc) is 2.87. The SMILES string of the molecule is Cl.NC1(C(=O)NC2C=CCCC2)CC1. The van der Waals surface area contributed by atoms with Crippen molar-refractivity contribution in [1.29, 1.82) is 0 Å². The van der Waals surface area contributed by atoms with Gasteiger partial charge in [-0.2, -0.15) is 0 Å². The van der Waals surface area contributed by atoms with E-state index in [0.29, 0.717) is 0 Å². The molecule has 2 aliphatic carbocycles. The van der Waals surface area contributed by atoms with E-state index < -0.39 is 5.54 Å². The lowest BCUT2D eigenvalue weighted by Gasteiger charge is -2.20. The summed E-state index contributed by atoms with van der Waals surface area (Å²) in [5.41, 5.74) is 5.25. The minimum Gasteiger partial charge on any atom is -0.348 e. The summed E-state index contributed by atoms with van der Waals surface area (Å²) in [5.74, 6) is 0.0315. The normalized spacial score (nSPS) is 27.6. The Morgan fingerprint density at radius 3 is 2.71 bits per heavy atom. The number of carbonyl (C=O) groups excluding carboxylic acids is 1. The van der Waals surface area contributed by atoms with Gasteiger partial charge in [0, 0.05) is 6.04 Å². The van der Waals surface area contributed by atoms with E-state index in [2.05, 4.69) is 17.5 Å². The minimum absolute atomic E-state index is 0. The van der Waals surface area contributed by atoms with Crippen LogP contribution in [0.15, 0.2) is 12.2 Å². The molecule has 0 aromatic heterocycles. The number of nitrogens with one attached hydrogen (secondary N) is 1. The summed E-state index contributed by atoms with van der Waals surface area (Å²) >= 11 is 0. The molecule has 0 radical (unpaired) electrons. The van der Waals surface area contributed by atoms with Gasteiger partial charge >= 0.3 is 0 Å². The third kappa shape index (κ3) is 2.49. The van der Waals surface area contributed by atoms with Gasteiger partial charge in [0.15, 0.2) is 0 Å². The van der Waals surface area contributed by atoms with E-state index in [0.717, 1.165) is 25.7 Å². The van der Waals surface area contributed by atoms with E-state index in [9.17, 15) is 4.79 Å². The molecule has 2 aliphatic rings. The molecule has 3 N–H and O–H groups in total. The number of hydrogen-bond donors (Lipinski definition) is 2. The second-order valence-corrected chi connectivity index (χ2v) is 4.10. The lowest BCUT2D eigenvalue weighted by molar-refractivity contribution is -0.123. The fraction of sp³-hybridized carbons (Fsp3) is 0.700. The van der Waals surface area contributed by atoms with Gasteiger partial charge in [-0.3, -0.25) is 4.79 Å². The maximum absolute atomic E-state index is 11.5. The predicted molar refractivity (Wildman–Crippen MR) is 58.3 cm³/mol. The average molecular weight is 217 g/mol. The molecule has 1 fully saturated rings. The Bertz CT molecular complexity index is 249. The van der Waals surface area contributed by atoms with Crippen molar-refractivity contribution in [2.24, 2.45) is 5.73 Å². The molecular formula is C10H17ClN2O. The van der Waals surface area contributed by atoms with Crippen LogP contribution in [0.2, 0.25) is 0 Å². The number of amides is 1. The second-order valence-electron chi connectivity index (χ2n) is 4.10. The Morgan fingerprint density at radius 1 is 1.50 bits per heavy atom. The van der Waals surface area contributed by atoms with Gasteiger partial charge in [0.05, 0.1) is 5.54 Å². The zero-order valence-electron chi connectivity index (χ0n) is 8.16. The molecule has 1 unspecified atom stereocenters. The lowest BCUT2D eigenvalue weighted by Crippen LogP contribution is -2.46. The fourth-order valence-electron chi connectivity index (χ4n) is 1.61. The lowest BCUT2D eigenvalue weighted by atomic mass is 10.0. The van der Waals surface area contributed by atoms with Crippen molar-refractivity contribution in [2.75, 3.05) is 0 Å². The Kier molecular flexibility index (Phi) is 3.56. The van der Waals surface area contributed by atoms with Crippen molar-refractivity contribution in [2.45, 2.75) is 43.7 Å². The van der Waals surface area contributed by atoms with Crippen LogP contribution in [-0.2, 0) is 4.79 Å². The van der Waals surface area contributed by atoms with Gasteiger partial charge in [-0.25, -0.2) is 0 Å². The monoisotopic (exact) mass is 216 g/mol. The highest BCUT2D eigenvalue weighted by molar-refractivity contribution is 5.89. The highest BCUT2D eigenvalue weighted by Gasteiger charge is 2.46. The number of rotatable bonds is 2. The van der Waals surface area contributed by atoms with Gasteiger partial charge in [0.1, 0.15) is 0 Å². The fourth-order valence-corrected chi connectivity index (χ4v) is 1.61. The first kappa shape index (κ1) is 11.5. The molecule has 0 heterocycles. The molecule has 0 spiro atoms. The summed E-state index contributed by atoms with van der Waals surface area (Å²) in [6.07, 6.45) is 9.25. The summed E-state index contributed by atoms with van der Waals surface area (Å²) in [6.45, 7) is 0. The zero-order valence-corrected chi connectivity index (χ0v) is 8.98. The molecule has 0 aliphatic heterocycles. The van der Waals surface area contributed by atoms with Gasteiger partial charge in [-0.1, -0.05) is 12.2 Å². The smallest absolute Gasteiger partial charge is 0.240 e. The zero-order chi connectivity index (χ0) is 9.31. The molecule has 1 atom stereocenters. The van der Waals surface area contributed by atoms with Crippen molar-refractivity contribution >= 4 is 18.3 Å². The molecule has 2 rings (SSSR count). The Morgan fingerprint density at radius 2 is 2.21 bits per heavy atom. The Labute approximate surface area is 90.5 Å². The number of nitrogens with two attached hydrogens (primary N) is 1. The highest BCUT2D eigenvalue weighted by Crippen LogP contribution is 2.32. The van der Waals surface area contributed by atoms with Crippen LogP contribution >= 0.6 is 12.4 Å². The standard InChI is InChI=1S/C10H16N2O.ClH/c11-10(6-7-10)9(13)12-8-4-2-1-3-5-8;/h2,4,8H,1,3,5-7,11H2,(H,12,13);1H. The highest BCUT2D eigenvalue weighted by atomic mass is 35.5. The van der Waals surface area contributed by atoms with E-state index >= 15 is 0 Å². The summed E-state index contributed by atoms with van der Waals surface area (Å²) in [4.78, 5) is 11.5. The van der Waals surface area contributed by atoms with Crippen LogP contribution in [0.1, 0.15) is 32.1 Å². The topological polar surface area (TPSA) is 55.1 Å². The van der Waals surface area contributed by atoms with Gasteiger partial charge in [-0.05, 0) is 32.1 Å². The van der Waals surface area contributed by atoms with Crippen LogP contribution in [0, 0.1) is 0 Å². The summed E-state index contributed by atoms with van der Waals surface area (Å²) in [6, 6.07) is 0.224. The number of hydrogen-bond acceptors (Lipinski definition) is 2. The van der Waals surface area contributed by atoms with Crippen molar-refractivity contribution in [3.05, 3.63) is 12.2 Å². The number of carbonyl (C=O) groups is 1. The summed E-state index contributed by atoms with van der Waals surface area (Å²) in [7, 11) is 0. The third-order valence-corrected chi connectivity index (χ3v) is 2.81. The number of halogens is 1. The molecule has 0 saturated heterocycles. The molecule has 14 heavy (non-hydrogen) atoms. The van der Waals surface area contributed by atoms with Gasteiger partial charge in [-0.15, -0.1) is 12.4 Å². The van der Waals surface area contributed by atoms with Crippen LogP contribution in [0.25, 0.3) is 0 Å². The van der Waals surface area contributed by atoms with Gasteiger partial charge in [0.25, 0.3) is 0 Å². The van der Waals surface area contributed by atoms with Crippen LogP contribution < -0.4 is 11.1 Å². The molecule has 0 aromatic rings. The molecule has 4 heteroatoms. The third-order valence-electron chi connectivity index (χ3n) is 2.81. The quantitative estimate of drug-likeness (QED) is 0.680. The first-order chi connectivity index (χ1) is 6.21. The molecule has 0 aromatic carbocycles. The molecule has 0 bridgehead atoms. The van der Waals surface area contributed by atoms with Gasteiger partial charge < -0.3 is 11.1 Å². The second kappa shape index (κ2) is 4.32. The Hall–Kier alpha value is -0.540. The molecular weight excluding hydrogens is 200 g/mol. The van der Waals surface area contributed by atoms with E-state index in [1.165, 1.54) is 6.42 Å². The van der Waals surface area contributed by atoms with E-state index in [1.807, 2.05) is 0 Å². The van der Waals surface area contributed by atoms with Crippen molar-refractivity contribution in [3.8, 4) is 0 Å². The number of allylic oxidation sites excluding steroid dienone is 1. The van der Waals surface area contributed by atoms with E-state index in [1.54, 1.807) is 0 Å². The maximum atomic E-state index is 11.5. The molecule has 1 amide bonds. The van der Waals surface area contributed by atoms with Crippen LogP contribution in [0.4, 0.5) is 0 Å². The van der Waals surface area contributed by atoms with Crippen LogP contribution in [-0.4, -0.2) is 17.5 Å². The minimum atomic E-state index is -0.523. The first-order valence-electron chi connectivity index (χ1n) is 4.97. The largest absolute Gasteiger partial charge is 0.348 e. The van der Waals surface area contributed by atoms with Crippen molar-refractivity contribution in [3.63, 3.8) is 0 Å². The Balaban J connectivity index is 0.000000980. The molecule has 1 saturated carbocycles. The summed E-state index contributed by atoms with van der Waals surface area (Å²) < 4.78 is 0. The van der Waals surface area contributed by atoms with E-state index in [4.69, 9.17) is 5.73 Å². The van der Waals surface area contributed by atoms with E-state index in [-0.39, 0.29) is 24.4 Å². The first-order valence-corrected chi connectivity index (χ1v) is 4.97. The van der Waals surface area contributed by atoms with Crippen LogP contribution in [0.5, 0.6) is 0 Å². The van der Waals surface area contributed by atoms with Crippen molar-refractivity contribution < 1.29 is 4.79 Å². The maximum Gasteiger partial charge on any atom is 0.240 e. The molecule has 80 valence electrons. The van der Waals surface area contributed by atoms with Crippen LogP contribution in [0.3, 0.4) is 0 Å².